The number of unbranched alkanes of at least 4 members (excludes halogenated alkanes) is 3. The molecule has 1 rings (SSSR count). The Balaban J connectivity index is 2.51. The van der Waals surface area contributed by atoms with Crippen LogP contribution in [0.25, 0.3) is 0 Å². The fourth-order valence-corrected chi connectivity index (χ4v) is 2.03. The Labute approximate surface area is 100 Å². The van der Waals surface area contributed by atoms with Crippen molar-refractivity contribution in [2.75, 3.05) is 18.5 Å². The van der Waals surface area contributed by atoms with Crippen LogP contribution >= 0.6 is 0 Å². The van der Waals surface area contributed by atoms with Crippen LogP contribution in [0.1, 0.15) is 43.7 Å². The summed E-state index contributed by atoms with van der Waals surface area (Å²) in [7, 11) is 2.20. The highest BCUT2D eigenvalue weighted by molar-refractivity contribution is 5.54. The van der Waals surface area contributed by atoms with Gasteiger partial charge < -0.3 is 4.90 Å². The molecular weight excluding hydrogens is 194 g/mol. The van der Waals surface area contributed by atoms with E-state index >= 15 is 0 Å². The highest BCUT2D eigenvalue weighted by Gasteiger charge is 2.04. The van der Waals surface area contributed by atoms with Crippen molar-refractivity contribution in [2.45, 2.75) is 46.5 Å². The van der Waals surface area contributed by atoms with E-state index in [1.54, 1.807) is 0 Å². The number of rotatable bonds is 6. The fourth-order valence-electron chi connectivity index (χ4n) is 2.03. The van der Waals surface area contributed by atoms with Crippen molar-refractivity contribution in [3.63, 3.8) is 0 Å². The Kier molecular flexibility index (Phi) is 5.37. The number of benzene rings is 1. The Bertz CT molecular complexity index is 317. The number of hydrogen-bond donors (Lipinski definition) is 0. The molecule has 0 radical (unpaired) electrons. The number of anilines is 1. The van der Waals surface area contributed by atoms with Crippen LogP contribution in [0.2, 0.25) is 0 Å². The standard InChI is InChI=1S/C15H25N/c1-5-6-7-8-11-16(4)15-12-13(2)9-10-14(15)3/h9-10,12H,5-8,11H2,1-4H3. The number of nitrogens with zero attached hydrogens (tertiary/aromatic N) is 1. The lowest BCUT2D eigenvalue weighted by Crippen LogP contribution is -2.19. The van der Waals surface area contributed by atoms with Crippen molar-refractivity contribution in [3.05, 3.63) is 29.3 Å². The average molecular weight is 219 g/mol. The number of hydrogen-bond acceptors (Lipinski definition) is 1. The zero-order chi connectivity index (χ0) is 12.0. The van der Waals surface area contributed by atoms with Crippen LogP contribution < -0.4 is 4.90 Å². The predicted molar refractivity (Wildman–Crippen MR) is 73.3 cm³/mol. The van der Waals surface area contributed by atoms with Gasteiger partial charge in [-0.2, -0.15) is 0 Å². The first kappa shape index (κ1) is 13.1. The molecule has 0 atom stereocenters. The van der Waals surface area contributed by atoms with Gasteiger partial charge in [-0.15, -0.1) is 0 Å². The molecule has 0 aliphatic heterocycles. The van der Waals surface area contributed by atoms with E-state index in [1.165, 1.54) is 49.0 Å². The van der Waals surface area contributed by atoms with Gasteiger partial charge in [0.25, 0.3) is 0 Å². The van der Waals surface area contributed by atoms with Crippen molar-refractivity contribution < 1.29 is 0 Å². The van der Waals surface area contributed by atoms with E-state index in [0.717, 1.165) is 0 Å². The second-order valence-electron chi connectivity index (χ2n) is 4.77. The molecule has 0 spiro atoms. The lowest BCUT2D eigenvalue weighted by atomic mass is 10.1. The largest absolute Gasteiger partial charge is 0.374 e. The Morgan fingerprint density at radius 3 is 2.50 bits per heavy atom. The fraction of sp³-hybridized carbons (Fsp3) is 0.600. The van der Waals surface area contributed by atoms with Crippen molar-refractivity contribution in [2.24, 2.45) is 0 Å². The van der Waals surface area contributed by atoms with Gasteiger partial charge in [0.15, 0.2) is 0 Å². The van der Waals surface area contributed by atoms with E-state index in [1.807, 2.05) is 0 Å². The molecule has 0 fully saturated rings. The molecule has 0 aliphatic carbocycles. The summed E-state index contributed by atoms with van der Waals surface area (Å²) in [6.45, 7) is 7.78. The molecule has 1 heteroatoms. The third kappa shape index (κ3) is 3.88. The Morgan fingerprint density at radius 1 is 1.06 bits per heavy atom. The monoisotopic (exact) mass is 219 g/mol. The quantitative estimate of drug-likeness (QED) is 0.644. The molecule has 0 saturated heterocycles. The Morgan fingerprint density at radius 2 is 1.81 bits per heavy atom. The third-order valence-corrected chi connectivity index (χ3v) is 3.12. The predicted octanol–water partition coefficient (Wildman–Crippen LogP) is 4.32. The molecule has 0 N–H and O–H groups in total. The van der Waals surface area contributed by atoms with Crippen molar-refractivity contribution in [1.29, 1.82) is 0 Å². The van der Waals surface area contributed by atoms with Crippen LogP contribution in [-0.4, -0.2) is 13.6 Å². The summed E-state index contributed by atoms with van der Waals surface area (Å²) in [5.41, 5.74) is 4.11. The normalized spacial score (nSPS) is 10.5. The third-order valence-electron chi connectivity index (χ3n) is 3.12. The SMILES string of the molecule is CCCCCCN(C)c1cc(C)ccc1C. The summed E-state index contributed by atoms with van der Waals surface area (Å²) >= 11 is 0. The zero-order valence-corrected chi connectivity index (χ0v) is 11.2. The summed E-state index contributed by atoms with van der Waals surface area (Å²) in [5.74, 6) is 0. The van der Waals surface area contributed by atoms with Crippen LogP contribution in [-0.2, 0) is 0 Å². The topological polar surface area (TPSA) is 3.24 Å². The van der Waals surface area contributed by atoms with Gasteiger partial charge in [-0.25, -0.2) is 0 Å². The van der Waals surface area contributed by atoms with E-state index in [4.69, 9.17) is 0 Å². The second-order valence-corrected chi connectivity index (χ2v) is 4.77. The Hall–Kier alpha value is -0.980. The lowest BCUT2D eigenvalue weighted by Gasteiger charge is -2.22. The molecule has 0 aromatic heterocycles. The van der Waals surface area contributed by atoms with Gasteiger partial charge in [0.05, 0.1) is 0 Å². The smallest absolute Gasteiger partial charge is 0.0395 e. The van der Waals surface area contributed by atoms with Crippen LogP contribution in [0.15, 0.2) is 18.2 Å². The summed E-state index contributed by atoms with van der Waals surface area (Å²) in [4.78, 5) is 2.39. The van der Waals surface area contributed by atoms with E-state index in [2.05, 4.69) is 50.9 Å². The number of aryl methyl sites for hydroxylation is 2. The lowest BCUT2D eigenvalue weighted by molar-refractivity contribution is 0.661. The van der Waals surface area contributed by atoms with Gasteiger partial charge >= 0.3 is 0 Å². The molecule has 0 unspecified atom stereocenters. The van der Waals surface area contributed by atoms with Crippen molar-refractivity contribution >= 4 is 5.69 Å². The van der Waals surface area contributed by atoms with Gasteiger partial charge in [-0.1, -0.05) is 38.3 Å². The molecular formula is C15H25N. The molecule has 16 heavy (non-hydrogen) atoms. The molecule has 0 heterocycles. The van der Waals surface area contributed by atoms with Gasteiger partial charge in [0, 0.05) is 19.3 Å². The second kappa shape index (κ2) is 6.57. The van der Waals surface area contributed by atoms with E-state index in [-0.39, 0.29) is 0 Å². The van der Waals surface area contributed by atoms with Crippen molar-refractivity contribution in [3.8, 4) is 0 Å². The summed E-state index contributed by atoms with van der Waals surface area (Å²) < 4.78 is 0. The molecule has 1 aromatic carbocycles. The maximum Gasteiger partial charge on any atom is 0.0395 e. The molecule has 0 amide bonds. The van der Waals surface area contributed by atoms with E-state index < -0.39 is 0 Å². The highest BCUT2D eigenvalue weighted by Crippen LogP contribution is 2.20. The first-order valence-corrected chi connectivity index (χ1v) is 6.43. The summed E-state index contributed by atoms with van der Waals surface area (Å²) in [6.07, 6.45) is 5.33. The molecule has 1 aromatic rings. The molecule has 0 bridgehead atoms. The van der Waals surface area contributed by atoms with E-state index in [0.29, 0.717) is 0 Å². The van der Waals surface area contributed by atoms with Gasteiger partial charge in [0.2, 0.25) is 0 Å². The van der Waals surface area contributed by atoms with Gasteiger partial charge in [-0.3, -0.25) is 0 Å². The van der Waals surface area contributed by atoms with Crippen LogP contribution in [0.5, 0.6) is 0 Å². The minimum absolute atomic E-state index is 1.17. The molecule has 1 nitrogen and oxygen atoms in total. The van der Waals surface area contributed by atoms with Crippen molar-refractivity contribution in [1.82, 2.24) is 0 Å². The van der Waals surface area contributed by atoms with Gasteiger partial charge in [0.1, 0.15) is 0 Å². The minimum atomic E-state index is 1.17. The summed E-state index contributed by atoms with van der Waals surface area (Å²) in [6, 6.07) is 6.69. The minimum Gasteiger partial charge on any atom is -0.374 e. The van der Waals surface area contributed by atoms with Gasteiger partial charge in [-0.05, 0) is 37.5 Å². The zero-order valence-electron chi connectivity index (χ0n) is 11.2. The highest BCUT2D eigenvalue weighted by atomic mass is 15.1. The maximum atomic E-state index is 2.39. The maximum absolute atomic E-state index is 2.39. The molecule has 0 aliphatic rings. The van der Waals surface area contributed by atoms with Crippen LogP contribution in [0, 0.1) is 13.8 Å². The van der Waals surface area contributed by atoms with Crippen LogP contribution in [0.4, 0.5) is 5.69 Å². The van der Waals surface area contributed by atoms with Crippen LogP contribution in [0.3, 0.4) is 0 Å². The average Bonchev–Trinajstić information content (AvgIpc) is 2.27. The summed E-state index contributed by atoms with van der Waals surface area (Å²) in [5, 5.41) is 0. The molecule has 90 valence electrons. The first-order valence-electron chi connectivity index (χ1n) is 6.43. The van der Waals surface area contributed by atoms with E-state index in [9.17, 15) is 0 Å². The first-order chi connectivity index (χ1) is 7.65. The molecule has 0 saturated carbocycles.